The van der Waals surface area contributed by atoms with Crippen LogP contribution in [-0.2, 0) is 35.3 Å². The van der Waals surface area contributed by atoms with Gasteiger partial charge < -0.3 is 35.7 Å². The van der Waals surface area contributed by atoms with E-state index in [9.17, 15) is 34.2 Å². The van der Waals surface area contributed by atoms with Gasteiger partial charge in [0.05, 0.1) is 19.7 Å². The van der Waals surface area contributed by atoms with Crippen LogP contribution in [0.2, 0.25) is 0 Å². The summed E-state index contributed by atoms with van der Waals surface area (Å²) in [5.74, 6) is -2.36. The summed E-state index contributed by atoms with van der Waals surface area (Å²) in [5, 5.41) is 43.0. The monoisotopic (exact) mass is 698 g/mol. The van der Waals surface area contributed by atoms with E-state index in [2.05, 4.69) is 41.6 Å². The smallest absolute Gasteiger partial charge is 0.407 e. The molecule has 2 aliphatic rings. The van der Waals surface area contributed by atoms with E-state index in [1.165, 1.54) is 21.8 Å². The third-order valence-electron chi connectivity index (χ3n) is 5.88. The first-order chi connectivity index (χ1) is 21.9. The molecule has 1 unspecified atom stereocenters. The van der Waals surface area contributed by atoms with Crippen molar-refractivity contribution in [2.24, 2.45) is 5.16 Å². The van der Waals surface area contributed by atoms with Crippen molar-refractivity contribution in [1.82, 2.24) is 40.7 Å². The zero-order chi connectivity index (χ0) is 33.4. The molecule has 5 N–H and O–H groups in total. The minimum atomic E-state index is -1.30. The first-order valence-corrected chi connectivity index (χ1v) is 16.4. The van der Waals surface area contributed by atoms with E-state index in [1.54, 1.807) is 20.8 Å². The minimum absolute atomic E-state index is 0.00161. The second kappa shape index (κ2) is 15.3. The van der Waals surface area contributed by atoms with Gasteiger partial charge in [-0.05, 0) is 36.8 Å². The number of carbonyl (C=O) groups is 5. The number of alkyl carbamates (subject to hydrolysis) is 1. The van der Waals surface area contributed by atoms with Crippen molar-refractivity contribution < 1.29 is 43.8 Å². The van der Waals surface area contributed by atoms with Crippen LogP contribution in [0.1, 0.15) is 26.5 Å². The predicted molar refractivity (Wildman–Crippen MR) is 164 cm³/mol. The van der Waals surface area contributed by atoms with Crippen LogP contribution in [0.3, 0.4) is 0 Å². The third kappa shape index (κ3) is 8.50. The number of anilines is 1. The van der Waals surface area contributed by atoms with E-state index in [0.29, 0.717) is 17.1 Å². The summed E-state index contributed by atoms with van der Waals surface area (Å²) in [5.41, 5.74) is -0.693. The Hall–Kier alpha value is -4.28. The number of hydrogen-bond acceptors (Lipinski definition) is 16. The fraction of sp³-hybridized carbons (Fsp3) is 0.500. The number of aromatic nitrogens is 5. The summed E-state index contributed by atoms with van der Waals surface area (Å²) >= 11 is 3.45. The van der Waals surface area contributed by atoms with E-state index in [0.717, 1.165) is 28.0 Å². The molecule has 1 saturated heterocycles. The Labute approximate surface area is 273 Å². The fourth-order valence-corrected chi connectivity index (χ4v) is 7.06. The lowest BCUT2D eigenvalue weighted by Crippen LogP contribution is -2.71. The second-order valence-electron chi connectivity index (χ2n) is 10.3. The van der Waals surface area contributed by atoms with Gasteiger partial charge in [-0.15, -0.1) is 28.2 Å². The first kappa shape index (κ1) is 34.6. The van der Waals surface area contributed by atoms with Crippen LogP contribution in [0, 0.1) is 0 Å². The van der Waals surface area contributed by atoms with Crippen LogP contribution in [0.4, 0.5) is 9.93 Å². The molecule has 4 heterocycles. The molecule has 46 heavy (non-hydrogen) atoms. The van der Waals surface area contributed by atoms with Gasteiger partial charge in [-0.1, -0.05) is 16.9 Å². The number of thiazole rings is 1. The average Bonchev–Trinajstić information content (AvgIpc) is 3.64. The van der Waals surface area contributed by atoms with Gasteiger partial charge in [0.1, 0.15) is 35.0 Å². The van der Waals surface area contributed by atoms with Crippen molar-refractivity contribution in [3.8, 4) is 0 Å². The number of aliphatic hydroxyl groups excluding tert-OH is 1. The Bertz CT molecular complexity index is 1540. The molecule has 0 aliphatic carbocycles. The maximum atomic E-state index is 13.4. The number of tetrazole rings is 1. The number of carboxylic acid groups (broad SMARTS) is 1. The molecular formula is C24H30N10O9S3. The van der Waals surface area contributed by atoms with E-state index in [1.807, 2.05) is 0 Å². The zero-order valence-electron chi connectivity index (χ0n) is 24.7. The molecule has 2 atom stereocenters. The van der Waals surface area contributed by atoms with E-state index < -0.39 is 40.9 Å². The molecule has 2 aliphatic heterocycles. The van der Waals surface area contributed by atoms with Crippen molar-refractivity contribution in [3.63, 3.8) is 0 Å². The zero-order valence-corrected chi connectivity index (χ0v) is 27.1. The molecule has 0 aromatic carbocycles. The summed E-state index contributed by atoms with van der Waals surface area (Å²) < 4.78 is 6.52. The van der Waals surface area contributed by atoms with Crippen molar-refractivity contribution in [2.45, 2.75) is 49.5 Å². The quantitative estimate of drug-likeness (QED) is 0.0391. The van der Waals surface area contributed by atoms with Gasteiger partial charge in [-0.2, -0.15) is 0 Å². The lowest BCUT2D eigenvalue weighted by Gasteiger charge is -2.49. The topological polar surface area (TPSA) is 252 Å². The summed E-state index contributed by atoms with van der Waals surface area (Å²) in [6, 6.07) is -1.08. The van der Waals surface area contributed by atoms with E-state index in [-0.39, 0.29) is 60.0 Å². The summed E-state index contributed by atoms with van der Waals surface area (Å²) in [6.45, 7) is 4.97. The summed E-state index contributed by atoms with van der Waals surface area (Å²) in [6.07, 6.45) is -0.254. The Morgan fingerprint density at radius 3 is 2.78 bits per heavy atom. The molecule has 0 bridgehead atoms. The summed E-state index contributed by atoms with van der Waals surface area (Å²) in [4.78, 5) is 72.0. The standard InChI is InChI=1S/C24H30N10O9S3/c1-24(2,3)43-23(41)25-4-7-42-30-14(13-10-45-21(27-13)26-11-36)17(37)28-15-18(38)34-16(20(39)40)12(8-44-19(15)34)9-46-22-29-31-32-33(22)5-6-35/h10-11,15,19,35H,4-9H2,1-3H3,(H,25,41)(H,28,37)(H,39,40)(H,26,27,36)/b30-14+/t15?,19-/m1/s1. The Morgan fingerprint density at radius 1 is 1.30 bits per heavy atom. The highest BCUT2D eigenvalue weighted by Crippen LogP contribution is 2.41. The number of thioether (sulfide) groups is 2. The molecule has 19 nitrogen and oxygen atoms in total. The molecule has 0 spiro atoms. The maximum absolute atomic E-state index is 13.4. The minimum Gasteiger partial charge on any atom is -0.477 e. The van der Waals surface area contributed by atoms with E-state index >= 15 is 0 Å². The van der Waals surface area contributed by atoms with Crippen LogP contribution in [0.15, 0.2) is 27.0 Å². The molecule has 248 valence electrons. The summed E-state index contributed by atoms with van der Waals surface area (Å²) in [7, 11) is 0. The largest absolute Gasteiger partial charge is 0.477 e. The first-order valence-electron chi connectivity index (χ1n) is 13.5. The van der Waals surface area contributed by atoms with Crippen molar-refractivity contribution >= 4 is 76.0 Å². The molecular weight excluding hydrogens is 669 g/mol. The lowest BCUT2D eigenvalue weighted by molar-refractivity contribution is -0.150. The molecule has 1 fully saturated rings. The van der Waals surface area contributed by atoms with Gasteiger partial charge in [0, 0.05) is 16.9 Å². The van der Waals surface area contributed by atoms with Crippen LogP contribution in [-0.4, -0.2) is 125 Å². The fourth-order valence-electron chi connectivity index (χ4n) is 4.02. The highest BCUT2D eigenvalue weighted by Gasteiger charge is 2.54. The highest BCUT2D eigenvalue weighted by atomic mass is 32.2. The number of fused-ring (bicyclic) bond motifs is 1. The number of carboxylic acids is 1. The van der Waals surface area contributed by atoms with Gasteiger partial charge in [-0.25, -0.2) is 19.3 Å². The Morgan fingerprint density at radius 2 is 2.09 bits per heavy atom. The SMILES string of the molecule is CC(C)(C)OC(=O)NCCO/N=C(/C(=O)NC1C(=O)N2C(C(=O)O)=C(CSc3nnnn3CCO)CS[C@H]12)c1csc(NC=O)n1. The molecule has 22 heteroatoms. The Kier molecular flexibility index (Phi) is 11.5. The van der Waals surface area contributed by atoms with Crippen LogP contribution in [0.25, 0.3) is 0 Å². The number of oxime groups is 1. The van der Waals surface area contributed by atoms with Gasteiger partial charge in [-0.3, -0.25) is 19.3 Å². The van der Waals surface area contributed by atoms with Gasteiger partial charge in [0.25, 0.3) is 11.8 Å². The number of aliphatic carboxylic acids is 1. The second-order valence-corrected chi connectivity index (χ2v) is 13.2. The number of nitrogens with zero attached hydrogens (tertiary/aromatic N) is 7. The van der Waals surface area contributed by atoms with Crippen molar-refractivity contribution in [3.05, 3.63) is 22.3 Å². The molecule has 4 amide bonds. The number of hydrogen-bond donors (Lipinski definition) is 5. The maximum Gasteiger partial charge on any atom is 0.407 e. The number of aliphatic hydroxyl groups is 1. The van der Waals surface area contributed by atoms with Crippen molar-refractivity contribution in [2.75, 3.05) is 36.6 Å². The highest BCUT2D eigenvalue weighted by molar-refractivity contribution is 8.01. The predicted octanol–water partition coefficient (Wildman–Crippen LogP) is -0.533. The van der Waals surface area contributed by atoms with Gasteiger partial charge in [0.15, 0.2) is 10.8 Å². The number of carbonyl (C=O) groups excluding carboxylic acids is 4. The molecule has 2 aromatic heterocycles. The number of amides is 4. The molecule has 4 rings (SSSR count). The Balaban J connectivity index is 1.43. The number of nitrogens with one attached hydrogen (secondary N) is 3. The molecule has 0 radical (unpaired) electrons. The van der Waals surface area contributed by atoms with Crippen molar-refractivity contribution in [1.29, 1.82) is 0 Å². The average molecular weight is 699 g/mol. The number of ether oxygens (including phenoxy) is 1. The number of β-lactam (4-membered cyclic amide) rings is 1. The van der Waals surface area contributed by atoms with Gasteiger partial charge >= 0.3 is 12.1 Å². The lowest BCUT2D eigenvalue weighted by atomic mass is 10.0. The molecule has 0 saturated carbocycles. The van der Waals surface area contributed by atoms with Crippen LogP contribution >= 0.6 is 34.9 Å². The number of rotatable bonds is 15. The van der Waals surface area contributed by atoms with Crippen LogP contribution < -0.4 is 16.0 Å². The van der Waals surface area contributed by atoms with Crippen LogP contribution in [0.5, 0.6) is 0 Å². The third-order valence-corrected chi connectivity index (χ3v) is 9.04. The molecule has 2 aromatic rings. The normalized spacial score (nSPS) is 18.0. The van der Waals surface area contributed by atoms with Gasteiger partial charge in [0.2, 0.25) is 11.6 Å². The van der Waals surface area contributed by atoms with E-state index in [4.69, 9.17) is 9.57 Å².